The average Bonchev–Trinajstić information content (AvgIpc) is 2.62. The van der Waals surface area contributed by atoms with E-state index in [0.29, 0.717) is 11.8 Å². The van der Waals surface area contributed by atoms with Crippen molar-refractivity contribution >= 4 is 16.1 Å². The Morgan fingerprint density at radius 3 is 2.23 bits per heavy atom. The van der Waals surface area contributed by atoms with Crippen LogP contribution in [-0.4, -0.2) is 49.9 Å². The van der Waals surface area contributed by atoms with E-state index in [2.05, 4.69) is 0 Å². The summed E-state index contributed by atoms with van der Waals surface area (Å²) in [5.41, 5.74) is 0. The van der Waals surface area contributed by atoms with E-state index in [9.17, 15) is 22.0 Å². The van der Waals surface area contributed by atoms with Crippen LogP contribution in [-0.2, 0) is 10.0 Å². The second kappa shape index (κ2) is 7.38. The van der Waals surface area contributed by atoms with Crippen LogP contribution in [0.2, 0.25) is 0 Å². The smallest absolute Gasteiger partial charge is 0.410 e. The molecule has 0 radical (unpaired) electrons. The predicted molar refractivity (Wildman–Crippen MR) is 89.2 cm³/mol. The minimum atomic E-state index is -4.10. The molecule has 0 N–H and O–H groups in total. The number of hydrogen-bond acceptors (Lipinski definition) is 4. The van der Waals surface area contributed by atoms with E-state index in [4.69, 9.17) is 4.74 Å². The van der Waals surface area contributed by atoms with E-state index in [1.165, 1.54) is 4.90 Å². The third-order valence-corrected chi connectivity index (χ3v) is 5.89. The van der Waals surface area contributed by atoms with Crippen LogP contribution in [0.3, 0.4) is 0 Å². The van der Waals surface area contributed by atoms with Crippen molar-refractivity contribution in [3.8, 4) is 5.75 Å². The Kier molecular flexibility index (Phi) is 5.19. The van der Waals surface area contributed by atoms with Gasteiger partial charge in [-0.3, -0.25) is 0 Å². The van der Waals surface area contributed by atoms with Crippen LogP contribution in [0.1, 0.15) is 0 Å². The van der Waals surface area contributed by atoms with Gasteiger partial charge in [-0.05, 0) is 24.3 Å². The topological polar surface area (TPSA) is 66.9 Å². The molecule has 0 saturated carbocycles. The Hall–Kier alpha value is -2.52. The molecule has 0 aromatic heterocycles. The molecule has 1 heterocycles. The molecule has 9 heteroatoms. The van der Waals surface area contributed by atoms with Crippen molar-refractivity contribution in [2.75, 3.05) is 26.2 Å². The first-order chi connectivity index (χ1) is 12.4. The van der Waals surface area contributed by atoms with Gasteiger partial charge < -0.3 is 9.64 Å². The summed E-state index contributed by atoms with van der Waals surface area (Å²) in [6.07, 6.45) is -0.582. The van der Waals surface area contributed by atoms with Crippen molar-refractivity contribution in [3.05, 3.63) is 60.2 Å². The molecular formula is C17H16F2N2O4S. The second-order valence-corrected chi connectivity index (χ2v) is 7.55. The van der Waals surface area contributed by atoms with E-state index < -0.39 is 32.6 Å². The van der Waals surface area contributed by atoms with Gasteiger partial charge in [-0.1, -0.05) is 18.2 Å². The molecule has 2 aromatic carbocycles. The van der Waals surface area contributed by atoms with Gasteiger partial charge in [0.15, 0.2) is 0 Å². The maximum atomic E-state index is 13.8. The standard InChI is InChI=1S/C17H16F2N2O4S/c18-13-6-7-16(15(19)12-13)26(23,24)21-10-8-20(9-11-21)17(22)25-14-4-2-1-3-5-14/h1-7,12H,8-11H2. The zero-order valence-electron chi connectivity index (χ0n) is 13.6. The van der Waals surface area contributed by atoms with Crippen molar-refractivity contribution < 1.29 is 26.7 Å². The number of para-hydroxylation sites is 1. The maximum Gasteiger partial charge on any atom is 0.415 e. The molecule has 0 spiro atoms. The lowest BCUT2D eigenvalue weighted by Gasteiger charge is -2.33. The highest BCUT2D eigenvalue weighted by Gasteiger charge is 2.32. The zero-order valence-corrected chi connectivity index (χ0v) is 14.5. The van der Waals surface area contributed by atoms with E-state index in [0.717, 1.165) is 16.4 Å². The van der Waals surface area contributed by atoms with Gasteiger partial charge in [0.2, 0.25) is 10.0 Å². The minimum Gasteiger partial charge on any atom is -0.410 e. The number of piperazine rings is 1. The number of amides is 1. The van der Waals surface area contributed by atoms with Crippen LogP contribution in [0.25, 0.3) is 0 Å². The van der Waals surface area contributed by atoms with Crippen LogP contribution in [0.5, 0.6) is 5.75 Å². The number of carbonyl (C=O) groups is 1. The monoisotopic (exact) mass is 382 g/mol. The number of carbonyl (C=O) groups excluding carboxylic acids is 1. The number of rotatable bonds is 3. The molecule has 0 bridgehead atoms. The Labute approximate surface area is 149 Å². The maximum absolute atomic E-state index is 13.8. The number of benzene rings is 2. The van der Waals surface area contributed by atoms with Crippen LogP contribution < -0.4 is 4.74 Å². The predicted octanol–water partition coefficient (Wildman–Crippen LogP) is 2.47. The van der Waals surface area contributed by atoms with Gasteiger partial charge >= 0.3 is 6.09 Å². The van der Waals surface area contributed by atoms with Crippen LogP contribution in [0.15, 0.2) is 53.4 Å². The molecule has 1 saturated heterocycles. The fraction of sp³-hybridized carbons (Fsp3) is 0.235. The van der Waals surface area contributed by atoms with Gasteiger partial charge in [-0.15, -0.1) is 0 Å². The number of ether oxygens (including phenoxy) is 1. The van der Waals surface area contributed by atoms with E-state index in [-0.39, 0.29) is 26.2 Å². The summed E-state index contributed by atoms with van der Waals surface area (Å²) >= 11 is 0. The number of hydrogen-bond donors (Lipinski definition) is 0. The number of nitrogens with zero attached hydrogens (tertiary/aromatic N) is 2. The molecule has 6 nitrogen and oxygen atoms in total. The lowest BCUT2D eigenvalue weighted by atomic mass is 10.3. The normalized spacial score (nSPS) is 15.7. The van der Waals surface area contributed by atoms with Gasteiger partial charge in [-0.25, -0.2) is 22.0 Å². The van der Waals surface area contributed by atoms with Crippen molar-refractivity contribution in [1.29, 1.82) is 0 Å². The summed E-state index contributed by atoms with van der Waals surface area (Å²) in [6.45, 7) is 0.188. The van der Waals surface area contributed by atoms with Crippen LogP contribution >= 0.6 is 0 Å². The summed E-state index contributed by atoms with van der Waals surface area (Å²) in [5, 5.41) is 0. The molecule has 0 aliphatic carbocycles. The molecule has 2 aromatic rings. The Balaban J connectivity index is 1.65. The van der Waals surface area contributed by atoms with Crippen molar-refractivity contribution in [3.63, 3.8) is 0 Å². The molecule has 1 aliphatic heterocycles. The molecule has 138 valence electrons. The number of halogens is 2. The number of sulfonamides is 1. The Morgan fingerprint density at radius 2 is 1.62 bits per heavy atom. The van der Waals surface area contributed by atoms with E-state index in [1.54, 1.807) is 30.3 Å². The zero-order chi connectivity index (χ0) is 18.7. The highest BCUT2D eigenvalue weighted by atomic mass is 32.2. The summed E-state index contributed by atoms with van der Waals surface area (Å²) < 4.78 is 58.1. The van der Waals surface area contributed by atoms with Crippen LogP contribution in [0, 0.1) is 11.6 Å². The summed E-state index contributed by atoms with van der Waals surface area (Å²) in [7, 11) is -4.10. The largest absolute Gasteiger partial charge is 0.415 e. The summed E-state index contributed by atoms with van der Waals surface area (Å²) in [4.78, 5) is 12.9. The van der Waals surface area contributed by atoms with Crippen molar-refractivity contribution in [2.24, 2.45) is 0 Å². The molecule has 3 rings (SSSR count). The highest BCUT2D eigenvalue weighted by Crippen LogP contribution is 2.22. The van der Waals surface area contributed by atoms with Gasteiger partial charge in [-0.2, -0.15) is 4.31 Å². The van der Waals surface area contributed by atoms with Gasteiger partial charge in [0.05, 0.1) is 0 Å². The molecular weight excluding hydrogens is 366 g/mol. The molecule has 0 atom stereocenters. The third kappa shape index (κ3) is 3.83. The van der Waals surface area contributed by atoms with Gasteiger partial charge in [0.1, 0.15) is 22.3 Å². The summed E-state index contributed by atoms with van der Waals surface area (Å²) in [5.74, 6) is -1.60. The van der Waals surface area contributed by atoms with Crippen molar-refractivity contribution in [1.82, 2.24) is 9.21 Å². The molecule has 1 amide bonds. The van der Waals surface area contributed by atoms with E-state index >= 15 is 0 Å². The first-order valence-corrected chi connectivity index (χ1v) is 9.29. The molecule has 1 fully saturated rings. The first-order valence-electron chi connectivity index (χ1n) is 7.85. The highest BCUT2D eigenvalue weighted by molar-refractivity contribution is 7.89. The lowest BCUT2D eigenvalue weighted by molar-refractivity contribution is 0.132. The van der Waals surface area contributed by atoms with Gasteiger partial charge in [0, 0.05) is 32.2 Å². The molecule has 26 heavy (non-hydrogen) atoms. The second-order valence-electron chi connectivity index (χ2n) is 5.65. The average molecular weight is 382 g/mol. The van der Waals surface area contributed by atoms with Gasteiger partial charge in [0.25, 0.3) is 0 Å². The first kappa shape index (κ1) is 18.3. The fourth-order valence-corrected chi connectivity index (χ4v) is 4.06. The quantitative estimate of drug-likeness (QED) is 0.818. The minimum absolute atomic E-state index is 0.0109. The summed E-state index contributed by atoms with van der Waals surface area (Å²) in [6, 6.07) is 10.8. The Bertz CT molecular complexity index is 898. The Morgan fingerprint density at radius 1 is 0.962 bits per heavy atom. The molecule has 1 aliphatic rings. The fourth-order valence-electron chi connectivity index (χ4n) is 2.59. The third-order valence-electron chi connectivity index (χ3n) is 3.96. The van der Waals surface area contributed by atoms with E-state index in [1.807, 2.05) is 0 Å². The lowest BCUT2D eigenvalue weighted by Crippen LogP contribution is -2.51. The molecule has 0 unspecified atom stereocenters. The van der Waals surface area contributed by atoms with Crippen molar-refractivity contribution in [2.45, 2.75) is 4.90 Å². The van der Waals surface area contributed by atoms with Crippen LogP contribution in [0.4, 0.5) is 13.6 Å². The SMILES string of the molecule is O=C(Oc1ccccc1)N1CCN(S(=O)(=O)c2ccc(F)cc2F)CC1.